The Morgan fingerprint density at radius 1 is 1.29 bits per heavy atom. The summed E-state index contributed by atoms with van der Waals surface area (Å²) in [7, 11) is -3.65. The predicted molar refractivity (Wildman–Crippen MR) is 74.9 cm³/mol. The van der Waals surface area contributed by atoms with Crippen molar-refractivity contribution in [2.24, 2.45) is 0 Å². The highest BCUT2D eigenvalue weighted by molar-refractivity contribution is 7.92. The molecule has 2 N–H and O–H groups in total. The van der Waals surface area contributed by atoms with Crippen LogP contribution < -0.4 is 10.0 Å². The highest BCUT2D eigenvalue weighted by Crippen LogP contribution is 2.34. The first-order chi connectivity index (χ1) is 9.67. The highest BCUT2D eigenvalue weighted by Gasteiger charge is 2.31. The van der Waals surface area contributed by atoms with Crippen LogP contribution in [0, 0.1) is 0 Å². The minimum Gasteiger partial charge on any atom is -0.313 e. The van der Waals surface area contributed by atoms with Crippen LogP contribution in [-0.2, 0) is 16.2 Å². The van der Waals surface area contributed by atoms with Crippen LogP contribution >= 0.6 is 11.6 Å². The maximum absolute atomic E-state index is 12.5. The third-order valence-electron chi connectivity index (χ3n) is 2.94. The van der Waals surface area contributed by atoms with Gasteiger partial charge in [0.1, 0.15) is 0 Å². The largest absolute Gasteiger partial charge is 0.416 e. The molecule has 0 amide bonds. The van der Waals surface area contributed by atoms with Gasteiger partial charge in [-0.05, 0) is 31.0 Å². The molecule has 1 fully saturated rings. The van der Waals surface area contributed by atoms with E-state index < -0.39 is 21.8 Å². The van der Waals surface area contributed by atoms with Crippen LogP contribution in [-0.4, -0.2) is 26.8 Å². The van der Waals surface area contributed by atoms with E-state index in [0.717, 1.165) is 25.0 Å². The summed E-state index contributed by atoms with van der Waals surface area (Å²) in [5.74, 6) is -0.166. The Morgan fingerprint density at radius 3 is 2.48 bits per heavy atom. The molecule has 4 nitrogen and oxygen atoms in total. The molecule has 1 aromatic carbocycles. The molecule has 21 heavy (non-hydrogen) atoms. The third-order valence-corrected chi connectivity index (χ3v) is 4.53. The Hall–Kier alpha value is -0.990. The fourth-order valence-corrected chi connectivity index (χ4v) is 2.96. The molecule has 1 saturated carbocycles. The minimum absolute atomic E-state index is 0.0592. The Labute approximate surface area is 125 Å². The van der Waals surface area contributed by atoms with Crippen molar-refractivity contribution in [3.8, 4) is 0 Å². The quantitative estimate of drug-likeness (QED) is 0.835. The zero-order valence-corrected chi connectivity index (χ0v) is 12.4. The van der Waals surface area contributed by atoms with Crippen LogP contribution in [0.5, 0.6) is 0 Å². The van der Waals surface area contributed by atoms with Gasteiger partial charge in [0, 0.05) is 12.6 Å². The Morgan fingerprint density at radius 2 is 1.95 bits per heavy atom. The van der Waals surface area contributed by atoms with Gasteiger partial charge < -0.3 is 5.32 Å². The van der Waals surface area contributed by atoms with Gasteiger partial charge in [0.05, 0.1) is 22.0 Å². The fourth-order valence-electron chi connectivity index (χ4n) is 1.68. The number of rotatable bonds is 6. The van der Waals surface area contributed by atoms with Crippen LogP contribution in [0.2, 0.25) is 5.02 Å². The van der Waals surface area contributed by atoms with Crippen molar-refractivity contribution in [1.82, 2.24) is 5.32 Å². The maximum Gasteiger partial charge on any atom is 0.416 e. The third kappa shape index (κ3) is 5.05. The van der Waals surface area contributed by atoms with Gasteiger partial charge in [-0.3, -0.25) is 4.72 Å². The Bertz CT molecular complexity index is 615. The van der Waals surface area contributed by atoms with Gasteiger partial charge in [-0.2, -0.15) is 13.2 Å². The summed E-state index contributed by atoms with van der Waals surface area (Å²) < 4.78 is 63.2. The molecule has 2 rings (SSSR count). The molecular formula is C12H14ClF3N2O2S. The monoisotopic (exact) mass is 342 g/mol. The molecule has 0 saturated heterocycles. The lowest BCUT2D eigenvalue weighted by atomic mass is 10.2. The van der Waals surface area contributed by atoms with Crippen molar-refractivity contribution in [3.63, 3.8) is 0 Å². The second-order valence-corrected chi connectivity index (χ2v) is 7.09. The van der Waals surface area contributed by atoms with Crippen LogP contribution in [0.3, 0.4) is 0 Å². The van der Waals surface area contributed by atoms with Crippen LogP contribution in [0.25, 0.3) is 0 Å². The van der Waals surface area contributed by atoms with Gasteiger partial charge in [-0.15, -0.1) is 0 Å². The van der Waals surface area contributed by atoms with E-state index in [1.54, 1.807) is 0 Å². The first kappa shape index (κ1) is 16.4. The summed E-state index contributed by atoms with van der Waals surface area (Å²) in [5, 5.41) is 2.75. The summed E-state index contributed by atoms with van der Waals surface area (Å²) in [4.78, 5) is 0. The van der Waals surface area contributed by atoms with E-state index in [1.165, 1.54) is 0 Å². The van der Waals surface area contributed by atoms with Crippen molar-refractivity contribution < 1.29 is 21.6 Å². The van der Waals surface area contributed by atoms with E-state index in [0.29, 0.717) is 12.1 Å². The van der Waals surface area contributed by atoms with E-state index >= 15 is 0 Å². The van der Waals surface area contributed by atoms with Crippen molar-refractivity contribution in [2.75, 3.05) is 17.0 Å². The van der Waals surface area contributed by atoms with Crippen molar-refractivity contribution in [2.45, 2.75) is 25.1 Å². The Kier molecular flexibility index (Phi) is 4.69. The molecule has 0 radical (unpaired) electrons. The Balaban J connectivity index is 2.00. The lowest BCUT2D eigenvalue weighted by molar-refractivity contribution is -0.137. The zero-order valence-electron chi connectivity index (χ0n) is 10.9. The molecule has 0 aromatic heterocycles. The van der Waals surface area contributed by atoms with Gasteiger partial charge in [0.2, 0.25) is 10.0 Å². The fraction of sp³-hybridized carbons (Fsp3) is 0.500. The number of sulfonamides is 1. The molecule has 1 aromatic rings. The molecule has 0 heterocycles. The molecule has 1 aliphatic rings. The standard InChI is InChI=1S/C12H14ClF3N2O2S/c13-10-7-8(12(14,15)16)1-4-11(10)18-21(19,20)6-5-17-9-2-3-9/h1,4,7,9,17-18H,2-3,5-6H2. The number of hydrogen-bond acceptors (Lipinski definition) is 3. The summed E-state index contributed by atoms with van der Waals surface area (Å²) in [5.41, 5.74) is -0.984. The predicted octanol–water partition coefficient (Wildman–Crippen LogP) is 2.85. The number of benzene rings is 1. The van der Waals surface area contributed by atoms with E-state index in [2.05, 4.69) is 10.0 Å². The van der Waals surface area contributed by atoms with Crippen LogP contribution in [0.4, 0.5) is 18.9 Å². The average Bonchev–Trinajstić information content (AvgIpc) is 3.14. The highest BCUT2D eigenvalue weighted by atomic mass is 35.5. The van der Waals surface area contributed by atoms with Gasteiger partial charge in [-0.1, -0.05) is 11.6 Å². The van der Waals surface area contributed by atoms with Gasteiger partial charge in [0.15, 0.2) is 0 Å². The summed E-state index contributed by atoms with van der Waals surface area (Å²) in [6.07, 6.45) is -2.44. The SMILES string of the molecule is O=S(=O)(CCNC1CC1)Nc1ccc(C(F)(F)F)cc1Cl. The topological polar surface area (TPSA) is 58.2 Å². The first-order valence-corrected chi connectivity index (χ1v) is 8.31. The number of hydrogen-bond donors (Lipinski definition) is 2. The number of alkyl halides is 3. The van der Waals surface area contributed by atoms with E-state index in [4.69, 9.17) is 11.6 Å². The molecule has 118 valence electrons. The molecular weight excluding hydrogens is 329 g/mol. The van der Waals surface area contributed by atoms with Gasteiger partial charge in [-0.25, -0.2) is 8.42 Å². The second-order valence-electron chi connectivity index (χ2n) is 4.84. The van der Waals surface area contributed by atoms with Gasteiger partial charge in [0.25, 0.3) is 0 Å². The average molecular weight is 343 g/mol. The van der Waals surface area contributed by atoms with E-state index in [-0.39, 0.29) is 23.0 Å². The number of nitrogens with one attached hydrogen (secondary N) is 2. The zero-order chi connectivity index (χ0) is 15.7. The summed E-state index contributed by atoms with van der Waals surface area (Å²) in [6.45, 7) is 0.290. The lowest BCUT2D eigenvalue weighted by Gasteiger charge is -2.12. The van der Waals surface area contributed by atoms with E-state index in [1.807, 2.05) is 0 Å². The summed E-state index contributed by atoms with van der Waals surface area (Å²) in [6, 6.07) is 2.88. The molecule has 1 aliphatic carbocycles. The van der Waals surface area contributed by atoms with E-state index in [9.17, 15) is 21.6 Å². The molecule has 9 heteroatoms. The molecule has 0 atom stereocenters. The van der Waals surface area contributed by atoms with Gasteiger partial charge >= 0.3 is 6.18 Å². The van der Waals surface area contributed by atoms with Crippen molar-refractivity contribution >= 4 is 27.3 Å². The molecule has 0 bridgehead atoms. The smallest absolute Gasteiger partial charge is 0.313 e. The van der Waals surface area contributed by atoms with Crippen molar-refractivity contribution in [3.05, 3.63) is 28.8 Å². The molecule has 0 spiro atoms. The number of anilines is 1. The minimum atomic E-state index is -4.52. The first-order valence-electron chi connectivity index (χ1n) is 6.28. The maximum atomic E-state index is 12.5. The number of halogens is 4. The normalized spacial score (nSPS) is 16.0. The second kappa shape index (κ2) is 6.02. The summed E-state index contributed by atoms with van der Waals surface area (Å²) >= 11 is 5.69. The van der Waals surface area contributed by atoms with Crippen molar-refractivity contribution in [1.29, 1.82) is 0 Å². The lowest BCUT2D eigenvalue weighted by Crippen LogP contribution is -2.28. The van der Waals surface area contributed by atoms with Crippen LogP contribution in [0.15, 0.2) is 18.2 Å². The molecule has 0 unspecified atom stereocenters. The van der Waals surface area contributed by atoms with Crippen LogP contribution in [0.1, 0.15) is 18.4 Å². The molecule has 0 aliphatic heterocycles.